The molecule has 1 rings (SSSR count). The molecule has 0 aromatic heterocycles. The van der Waals surface area contributed by atoms with Gasteiger partial charge in [-0.1, -0.05) is 28.1 Å². The van der Waals surface area contributed by atoms with Crippen LogP contribution in [0.15, 0.2) is 24.3 Å². The third kappa shape index (κ3) is 3.38. The molecule has 0 aliphatic rings. The van der Waals surface area contributed by atoms with Crippen molar-refractivity contribution < 1.29 is 19.4 Å². The molecule has 1 aromatic carbocycles. The van der Waals surface area contributed by atoms with Crippen LogP contribution in [0.25, 0.3) is 0 Å². The van der Waals surface area contributed by atoms with Gasteiger partial charge in [-0.15, -0.1) is 0 Å². The van der Waals surface area contributed by atoms with Crippen LogP contribution in [0.3, 0.4) is 0 Å². The maximum atomic E-state index is 11.2. The van der Waals surface area contributed by atoms with E-state index < -0.39 is 10.8 Å². The number of carbonyl (C=O) groups excluding carboxylic acids is 2. The number of carbonyl (C=O) groups is 2. The van der Waals surface area contributed by atoms with E-state index in [4.69, 9.17) is 0 Å². The molecule has 0 heterocycles. The number of benzene rings is 1. The van der Waals surface area contributed by atoms with Crippen molar-refractivity contribution in [3.05, 3.63) is 35.4 Å². The normalized spacial score (nSPS) is 13.8. The summed E-state index contributed by atoms with van der Waals surface area (Å²) in [7, 11) is 1.31. The Labute approximate surface area is 108 Å². The second kappa shape index (κ2) is 6.51. The molecule has 0 fully saturated rings. The Bertz CT molecular complexity index is 388. The monoisotopic (exact) mass is 300 g/mol. The first-order valence-electron chi connectivity index (χ1n) is 5.02. The Kier molecular flexibility index (Phi) is 5.31. The number of ether oxygens (including phenoxy) is 1. The molecule has 1 aromatic rings. The summed E-state index contributed by atoms with van der Waals surface area (Å²) in [6.07, 6.45) is 0.731. The number of hydrogen-bond donors (Lipinski definition) is 1. The van der Waals surface area contributed by atoms with E-state index in [0.29, 0.717) is 5.56 Å². The lowest BCUT2D eigenvalue weighted by Gasteiger charge is -2.16. The molecule has 0 amide bonds. The second-order valence-corrected chi connectivity index (χ2v) is 4.54. The minimum atomic E-state index is -0.448. The maximum Gasteiger partial charge on any atom is 0.337 e. The van der Waals surface area contributed by atoms with Crippen LogP contribution in [0.5, 0.6) is 0 Å². The van der Waals surface area contributed by atoms with Gasteiger partial charge < -0.3 is 14.6 Å². The molecule has 5 heteroatoms. The van der Waals surface area contributed by atoms with E-state index in [1.807, 2.05) is 0 Å². The van der Waals surface area contributed by atoms with Gasteiger partial charge in [0.25, 0.3) is 0 Å². The first-order valence-corrected chi connectivity index (χ1v) is 5.94. The van der Waals surface area contributed by atoms with Crippen molar-refractivity contribution in [3.8, 4) is 0 Å². The number of rotatable bonds is 5. The van der Waals surface area contributed by atoms with E-state index in [1.165, 1.54) is 7.11 Å². The van der Waals surface area contributed by atoms with E-state index in [-0.39, 0.29) is 12.5 Å². The fourth-order valence-electron chi connectivity index (χ4n) is 1.47. The van der Waals surface area contributed by atoms with Crippen molar-refractivity contribution in [1.29, 1.82) is 0 Å². The first-order chi connectivity index (χ1) is 8.13. The maximum absolute atomic E-state index is 11.2. The topological polar surface area (TPSA) is 63.6 Å². The highest BCUT2D eigenvalue weighted by Crippen LogP contribution is 2.23. The lowest BCUT2D eigenvalue weighted by atomic mass is 9.96. The molecular weight excluding hydrogens is 288 g/mol. The van der Waals surface area contributed by atoms with Gasteiger partial charge in [0.2, 0.25) is 0 Å². The van der Waals surface area contributed by atoms with E-state index in [1.54, 1.807) is 24.3 Å². The lowest BCUT2D eigenvalue weighted by molar-refractivity contribution is -0.107. The van der Waals surface area contributed by atoms with Gasteiger partial charge in [-0.3, -0.25) is 0 Å². The SMILES string of the molecule is COC(=O)c1ccc(C(CO)C(Br)C=O)cc1. The summed E-state index contributed by atoms with van der Waals surface area (Å²) < 4.78 is 4.58. The Morgan fingerprint density at radius 1 is 1.47 bits per heavy atom. The molecule has 0 saturated heterocycles. The van der Waals surface area contributed by atoms with Gasteiger partial charge in [0, 0.05) is 5.92 Å². The van der Waals surface area contributed by atoms with Crippen LogP contribution < -0.4 is 0 Å². The number of halogens is 1. The van der Waals surface area contributed by atoms with E-state index in [0.717, 1.165) is 11.8 Å². The molecule has 2 atom stereocenters. The fourth-order valence-corrected chi connectivity index (χ4v) is 1.94. The van der Waals surface area contributed by atoms with Gasteiger partial charge >= 0.3 is 5.97 Å². The van der Waals surface area contributed by atoms with Crippen molar-refractivity contribution in [3.63, 3.8) is 0 Å². The number of alkyl halides is 1. The van der Waals surface area contributed by atoms with Crippen LogP contribution >= 0.6 is 15.9 Å². The predicted molar refractivity (Wildman–Crippen MR) is 66.4 cm³/mol. The molecule has 0 bridgehead atoms. The van der Waals surface area contributed by atoms with Crippen molar-refractivity contribution in [2.45, 2.75) is 10.7 Å². The van der Waals surface area contributed by atoms with E-state index in [9.17, 15) is 14.7 Å². The van der Waals surface area contributed by atoms with Gasteiger partial charge in [-0.25, -0.2) is 4.79 Å². The molecular formula is C12H13BrO4. The molecule has 4 nitrogen and oxygen atoms in total. The van der Waals surface area contributed by atoms with Crippen molar-refractivity contribution in [1.82, 2.24) is 0 Å². The number of methoxy groups -OCH3 is 1. The average molecular weight is 301 g/mol. The highest BCUT2D eigenvalue weighted by Gasteiger charge is 2.19. The van der Waals surface area contributed by atoms with Gasteiger partial charge in [0.15, 0.2) is 0 Å². The van der Waals surface area contributed by atoms with Crippen LogP contribution in [0.1, 0.15) is 21.8 Å². The quantitative estimate of drug-likeness (QED) is 0.509. The summed E-state index contributed by atoms with van der Waals surface area (Å²) >= 11 is 3.18. The number of aliphatic hydroxyl groups excluding tert-OH is 1. The van der Waals surface area contributed by atoms with Gasteiger partial charge in [0.05, 0.1) is 24.1 Å². The molecule has 0 aliphatic heterocycles. The molecule has 2 unspecified atom stereocenters. The summed E-state index contributed by atoms with van der Waals surface area (Å²) in [5.74, 6) is -0.734. The zero-order chi connectivity index (χ0) is 12.8. The van der Waals surface area contributed by atoms with Gasteiger partial charge in [-0.05, 0) is 17.7 Å². The highest BCUT2D eigenvalue weighted by atomic mass is 79.9. The predicted octanol–water partition coefficient (Wildman–Crippen LogP) is 1.51. The van der Waals surface area contributed by atoms with E-state index >= 15 is 0 Å². The summed E-state index contributed by atoms with van der Waals surface area (Å²) in [6.45, 7) is -0.147. The average Bonchev–Trinajstić information content (AvgIpc) is 2.39. The fraction of sp³-hybridized carbons (Fsp3) is 0.333. The van der Waals surface area contributed by atoms with Crippen molar-refractivity contribution >= 4 is 28.2 Å². The first kappa shape index (κ1) is 13.9. The minimum absolute atomic E-state index is 0.147. The molecule has 0 aliphatic carbocycles. The van der Waals surface area contributed by atoms with Gasteiger partial charge in [-0.2, -0.15) is 0 Å². The summed E-state index contributed by atoms with van der Waals surface area (Å²) in [5.41, 5.74) is 1.22. The number of esters is 1. The number of hydrogen-bond acceptors (Lipinski definition) is 4. The Morgan fingerprint density at radius 2 is 2.06 bits per heavy atom. The zero-order valence-electron chi connectivity index (χ0n) is 9.30. The number of aliphatic hydroxyl groups is 1. The van der Waals surface area contributed by atoms with Gasteiger partial charge in [0.1, 0.15) is 6.29 Å². The van der Waals surface area contributed by atoms with Crippen LogP contribution in [0, 0.1) is 0 Å². The third-order valence-electron chi connectivity index (χ3n) is 2.47. The number of aldehydes is 1. The summed E-state index contributed by atoms with van der Waals surface area (Å²) in [4.78, 5) is 21.4. The largest absolute Gasteiger partial charge is 0.465 e. The van der Waals surface area contributed by atoms with E-state index in [2.05, 4.69) is 20.7 Å². The molecule has 1 N–H and O–H groups in total. The van der Waals surface area contributed by atoms with Crippen LogP contribution in [0.2, 0.25) is 0 Å². The molecule has 92 valence electrons. The second-order valence-electron chi connectivity index (χ2n) is 3.48. The molecule has 0 radical (unpaired) electrons. The molecule has 17 heavy (non-hydrogen) atoms. The summed E-state index contributed by atoms with van der Waals surface area (Å²) in [6, 6.07) is 6.61. The third-order valence-corrected chi connectivity index (χ3v) is 3.33. The molecule has 0 saturated carbocycles. The van der Waals surface area contributed by atoms with Crippen molar-refractivity contribution in [2.24, 2.45) is 0 Å². The Hall–Kier alpha value is -1.20. The summed E-state index contributed by atoms with van der Waals surface area (Å²) in [5, 5.41) is 9.23. The zero-order valence-corrected chi connectivity index (χ0v) is 10.9. The van der Waals surface area contributed by atoms with Crippen LogP contribution in [-0.2, 0) is 9.53 Å². The molecule has 0 spiro atoms. The van der Waals surface area contributed by atoms with Crippen LogP contribution in [0.4, 0.5) is 0 Å². The highest BCUT2D eigenvalue weighted by molar-refractivity contribution is 9.10. The lowest BCUT2D eigenvalue weighted by Crippen LogP contribution is -2.17. The standard InChI is InChI=1S/C12H13BrO4/c1-17-12(16)9-4-2-8(3-5-9)10(6-14)11(13)7-15/h2-5,7,10-11,14H,6H2,1H3. The Morgan fingerprint density at radius 3 is 2.47 bits per heavy atom. The smallest absolute Gasteiger partial charge is 0.337 e. The van der Waals surface area contributed by atoms with Crippen molar-refractivity contribution in [2.75, 3.05) is 13.7 Å². The Balaban J connectivity index is 2.92. The minimum Gasteiger partial charge on any atom is -0.465 e. The van der Waals surface area contributed by atoms with Crippen LogP contribution in [-0.4, -0.2) is 35.9 Å².